The molecule has 0 fully saturated rings. The van der Waals surface area contributed by atoms with E-state index < -0.39 is 0 Å². The first-order chi connectivity index (χ1) is 15.1. The lowest BCUT2D eigenvalue weighted by Crippen LogP contribution is -2.13. The number of hydrogen-bond donors (Lipinski definition) is 1. The number of carbonyl (C=O) groups is 1. The summed E-state index contributed by atoms with van der Waals surface area (Å²) in [7, 11) is 0. The van der Waals surface area contributed by atoms with E-state index in [1.54, 1.807) is 43.0 Å². The molecule has 31 heavy (non-hydrogen) atoms. The lowest BCUT2D eigenvalue weighted by Gasteiger charge is -2.10. The van der Waals surface area contributed by atoms with Crippen LogP contribution in [0, 0.1) is 11.8 Å². The minimum absolute atomic E-state index is 0.191. The van der Waals surface area contributed by atoms with Crippen molar-refractivity contribution < 1.29 is 4.79 Å². The molecule has 0 spiro atoms. The van der Waals surface area contributed by atoms with Gasteiger partial charge in [-0.2, -0.15) is 0 Å². The highest BCUT2D eigenvalue weighted by Crippen LogP contribution is 2.20. The molecule has 0 saturated carbocycles. The van der Waals surface area contributed by atoms with E-state index in [9.17, 15) is 4.79 Å². The summed E-state index contributed by atoms with van der Waals surface area (Å²) in [6.45, 7) is 4.08. The fraction of sp³-hybridized carbons (Fsp3) is 0.130. The van der Waals surface area contributed by atoms with E-state index in [-0.39, 0.29) is 11.9 Å². The van der Waals surface area contributed by atoms with Gasteiger partial charge < -0.3 is 9.88 Å². The lowest BCUT2D eigenvalue weighted by atomic mass is 10.1. The van der Waals surface area contributed by atoms with Crippen LogP contribution in [0.1, 0.15) is 41.4 Å². The zero-order valence-electron chi connectivity index (χ0n) is 17.0. The Hall–Kier alpha value is -4.38. The molecule has 0 aliphatic carbocycles. The van der Waals surface area contributed by atoms with Crippen molar-refractivity contribution in [2.24, 2.45) is 0 Å². The number of aromatic nitrogens is 6. The summed E-state index contributed by atoms with van der Waals surface area (Å²) >= 11 is 0. The Morgan fingerprint density at radius 3 is 2.61 bits per heavy atom. The summed E-state index contributed by atoms with van der Waals surface area (Å²) in [4.78, 5) is 25.2. The average molecular weight is 409 g/mol. The van der Waals surface area contributed by atoms with E-state index in [0.717, 1.165) is 0 Å². The van der Waals surface area contributed by atoms with Crippen LogP contribution >= 0.6 is 0 Å². The van der Waals surface area contributed by atoms with Crippen LogP contribution in [0.2, 0.25) is 0 Å². The third-order valence-corrected chi connectivity index (χ3v) is 4.39. The summed E-state index contributed by atoms with van der Waals surface area (Å²) in [6.07, 6.45) is 6.39. The highest BCUT2D eigenvalue weighted by molar-refractivity contribution is 6.04. The molecule has 152 valence electrons. The van der Waals surface area contributed by atoms with Gasteiger partial charge in [-0.25, -0.2) is 15.0 Å². The van der Waals surface area contributed by atoms with Crippen LogP contribution in [-0.2, 0) is 0 Å². The average Bonchev–Trinajstić information content (AvgIpc) is 3.29. The van der Waals surface area contributed by atoms with E-state index in [2.05, 4.69) is 42.3 Å². The number of nitrogens with one attached hydrogen (secondary N) is 1. The maximum Gasteiger partial charge on any atom is 0.256 e. The SMILES string of the molecule is CC(C)n1cnnc1-c1cccc(NC(=O)c2cccc(C#Cc3cncnc3)c2)n1. The van der Waals surface area contributed by atoms with Crippen molar-refractivity contribution in [1.82, 2.24) is 29.7 Å². The third-order valence-electron chi connectivity index (χ3n) is 4.39. The van der Waals surface area contributed by atoms with E-state index in [1.807, 2.05) is 36.6 Å². The number of carbonyl (C=O) groups excluding carboxylic acids is 1. The molecule has 0 radical (unpaired) electrons. The number of nitrogens with zero attached hydrogens (tertiary/aromatic N) is 6. The van der Waals surface area contributed by atoms with Crippen molar-refractivity contribution in [3.63, 3.8) is 0 Å². The molecule has 0 unspecified atom stereocenters. The molecule has 0 atom stereocenters. The zero-order chi connectivity index (χ0) is 21.6. The van der Waals surface area contributed by atoms with Crippen LogP contribution in [0.25, 0.3) is 11.5 Å². The minimum Gasteiger partial charge on any atom is -0.310 e. The van der Waals surface area contributed by atoms with Crippen LogP contribution in [-0.4, -0.2) is 35.6 Å². The molecule has 3 aromatic heterocycles. The third kappa shape index (κ3) is 4.79. The fourth-order valence-corrected chi connectivity index (χ4v) is 2.87. The van der Waals surface area contributed by atoms with Crippen molar-refractivity contribution in [1.29, 1.82) is 0 Å². The maximum absolute atomic E-state index is 12.8. The predicted molar refractivity (Wildman–Crippen MR) is 116 cm³/mol. The standard InChI is InChI=1S/C23H19N7O/c1-16(2)30-15-26-29-22(30)20-7-4-8-21(27-20)28-23(31)19-6-3-5-17(11-19)9-10-18-12-24-14-25-13-18/h3-8,11-16H,1-2H3,(H,27,28,31). The van der Waals surface area contributed by atoms with Crippen LogP contribution < -0.4 is 5.32 Å². The van der Waals surface area contributed by atoms with Crippen molar-refractivity contribution in [3.8, 4) is 23.4 Å². The first-order valence-electron chi connectivity index (χ1n) is 9.65. The second-order valence-corrected chi connectivity index (χ2v) is 6.98. The second-order valence-electron chi connectivity index (χ2n) is 6.98. The van der Waals surface area contributed by atoms with Gasteiger partial charge in [0.25, 0.3) is 5.91 Å². The first kappa shape index (κ1) is 19.9. The molecule has 1 aromatic carbocycles. The van der Waals surface area contributed by atoms with Gasteiger partial charge in [-0.1, -0.05) is 24.0 Å². The van der Waals surface area contributed by atoms with Crippen LogP contribution in [0.5, 0.6) is 0 Å². The van der Waals surface area contributed by atoms with E-state index in [1.165, 1.54) is 6.33 Å². The highest BCUT2D eigenvalue weighted by atomic mass is 16.1. The zero-order valence-corrected chi connectivity index (χ0v) is 17.0. The van der Waals surface area contributed by atoms with Crippen molar-refractivity contribution in [3.05, 3.63) is 84.2 Å². The molecule has 8 nitrogen and oxygen atoms in total. The van der Waals surface area contributed by atoms with Gasteiger partial charge in [-0.05, 0) is 44.2 Å². The van der Waals surface area contributed by atoms with Crippen LogP contribution in [0.4, 0.5) is 5.82 Å². The Morgan fingerprint density at radius 2 is 1.81 bits per heavy atom. The smallest absolute Gasteiger partial charge is 0.256 e. The number of rotatable bonds is 4. The number of pyridine rings is 1. The normalized spacial score (nSPS) is 10.4. The van der Waals surface area contributed by atoms with Crippen LogP contribution in [0.15, 0.2) is 67.5 Å². The number of benzene rings is 1. The van der Waals surface area contributed by atoms with Crippen molar-refractivity contribution in [2.75, 3.05) is 5.32 Å². The number of hydrogen-bond acceptors (Lipinski definition) is 6. The Bertz CT molecular complexity index is 1270. The van der Waals surface area contributed by atoms with Gasteiger partial charge in [0.2, 0.25) is 0 Å². The Kier molecular flexibility index (Phi) is 5.76. The largest absolute Gasteiger partial charge is 0.310 e. The fourth-order valence-electron chi connectivity index (χ4n) is 2.87. The molecule has 4 rings (SSSR count). The first-order valence-corrected chi connectivity index (χ1v) is 9.65. The minimum atomic E-state index is -0.276. The van der Waals surface area contributed by atoms with Crippen molar-refractivity contribution >= 4 is 11.7 Å². The maximum atomic E-state index is 12.8. The van der Waals surface area contributed by atoms with Gasteiger partial charge in [-0.15, -0.1) is 10.2 Å². The summed E-state index contributed by atoms with van der Waals surface area (Å²) < 4.78 is 1.92. The van der Waals surface area contributed by atoms with Gasteiger partial charge in [0, 0.05) is 29.6 Å². The quantitative estimate of drug-likeness (QED) is 0.519. The molecule has 0 saturated heterocycles. The summed E-state index contributed by atoms with van der Waals surface area (Å²) in [5, 5.41) is 11.0. The van der Waals surface area contributed by atoms with E-state index >= 15 is 0 Å². The monoisotopic (exact) mass is 409 g/mol. The number of anilines is 1. The Balaban J connectivity index is 1.53. The molecule has 0 bridgehead atoms. The van der Waals surface area contributed by atoms with Crippen molar-refractivity contribution in [2.45, 2.75) is 19.9 Å². The summed E-state index contributed by atoms with van der Waals surface area (Å²) in [5.74, 6) is 6.80. The molecule has 1 N–H and O–H groups in total. The topological polar surface area (TPSA) is 98.5 Å². The molecule has 3 heterocycles. The molecular formula is C23H19N7O. The molecule has 0 aliphatic heterocycles. The molecular weight excluding hydrogens is 390 g/mol. The van der Waals surface area contributed by atoms with E-state index in [0.29, 0.717) is 34.0 Å². The Morgan fingerprint density at radius 1 is 1.03 bits per heavy atom. The molecule has 0 aliphatic rings. The molecule has 8 heteroatoms. The van der Waals surface area contributed by atoms with Gasteiger partial charge in [0.15, 0.2) is 5.82 Å². The van der Waals surface area contributed by atoms with Gasteiger partial charge in [-0.3, -0.25) is 4.79 Å². The Labute approximate surface area is 179 Å². The van der Waals surface area contributed by atoms with E-state index in [4.69, 9.17) is 0 Å². The lowest BCUT2D eigenvalue weighted by molar-refractivity contribution is 0.102. The predicted octanol–water partition coefficient (Wildman–Crippen LogP) is 3.36. The second kappa shape index (κ2) is 8.97. The van der Waals surface area contributed by atoms with Crippen LogP contribution in [0.3, 0.4) is 0 Å². The summed E-state index contributed by atoms with van der Waals surface area (Å²) in [6, 6.07) is 12.7. The molecule has 4 aromatic rings. The van der Waals surface area contributed by atoms with Gasteiger partial charge in [0.05, 0.1) is 5.56 Å². The summed E-state index contributed by atoms with van der Waals surface area (Å²) in [5.41, 5.74) is 2.53. The van der Waals surface area contributed by atoms with Gasteiger partial charge in [0.1, 0.15) is 24.2 Å². The highest BCUT2D eigenvalue weighted by Gasteiger charge is 2.13. The van der Waals surface area contributed by atoms with Gasteiger partial charge >= 0.3 is 0 Å². The number of amides is 1. The molecule has 1 amide bonds.